The molecule has 0 radical (unpaired) electrons. The molecule has 0 aliphatic carbocycles. The molecule has 0 bridgehead atoms. The standard InChI is InChI=1S/C25H26BF4N5O3S/c1-26-35(24-5-9-31-15-33-24)39(36,37)23-14-22-17(13-18(23)27)20(7-11-38-22)34-10-6-16(25(28,29)30)12-21(34)19-4-2-3-8-32-19/h2-5,8-9,13-16,20-21,26H,6-7,10-12H2,1H3/t16?,20-,21-/m0/s1. The minimum Gasteiger partial charge on any atom is -0.493 e. The Bertz CT molecular complexity index is 1420. The molecule has 14 heteroatoms. The van der Waals surface area contributed by atoms with Gasteiger partial charge in [-0.2, -0.15) is 13.2 Å². The molecule has 39 heavy (non-hydrogen) atoms. The van der Waals surface area contributed by atoms with E-state index in [9.17, 15) is 21.6 Å². The lowest BCUT2D eigenvalue weighted by Gasteiger charge is -2.45. The SMILES string of the molecule is CBN(c1ccncn1)S(=O)(=O)c1cc2c(cc1F)[C@@H](N1CCC(C(F)(F)F)C[C@H]1c1ccccn1)CCO2. The van der Waals surface area contributed by atoms with Gasteiger partial charge in [-0.3, -0.25) is 9.88 Å². The van der Waals surface area contributed by atoms with E-state index in [0.717, 1.165) is 16.3 Å². The van der Waals surface area contributed by atoms with Gasteiger partial charge in [0.05, 0.1) is 24.3 Å². The number of alkyl halides is 3. The topological polar surface area (TPSA) is 88.5 Å². The average Bonchev–Trinajstić information content (AvgIpc) is 2.93. The molecule has 1 fully saturated rings. The van der Waals surface area contributed by atoms with Crippen LogP contribution in [-0.2, 0) is 10.0 Å². The highest BCUT2D eigenvalue weighted by Crippen LogP contribution is 2.48. The van der Waals surface area contributed by atoms with Crippen molar-refractivity contribution in [1.82, 2.24) is 19.9 Å². The minimum absolute atomic E-state index is 0.000735. The number of ether oxygens (including phenoxy) is 1. The molecule has 1 aromatic carbocycles. The zero-order chi connectivity index (χ0) is 27.8. The quantitative estimate of drug-likeness (QED) is 0.324. The van der Waals surface area contributed by atoms with E-state index in [4.69, 9.17) is 4.74 Å². The van der Waals surface area contributed by atoms with Crippen molar-refractivity contribution in [1.29, 1.82) is 0 Å². The Balaban J connectivity index is 1.52. The second-order valence-corrected chi connectivity index (χ2v) is 11.3. The molecular weight excluding hydrogens is 537 g/mol. The summed E-state index contributed by atoms with van der Waals surface area (Å²) >= 11 is 0. The van der Waals surface area contributed by atoms with Gasteiger partial charge in [-0.25, -0.2) is 22.8 Å². The van der Waals surface area contributed by atoms with Crippen LogP contribution in [0.3, 0.4) is 0 Å². The first-order valence-electron chi connectivity index (χ1n) is 12.6. The van der Waals surface area contributed by atoms with Crippen LogP contribution in [0.2, 0.25) is 6.82 Å². The van der Waals surface area contributed by atoms with Crippen molar-refractivity contribution in [2.45, 2.75) is 49.2 Å². The average molecular weight is 563 g/mol. The van der Waals surface area contributed by atoms with Crippen LogP contribution >= 0.6 is 0 Å². The fourth-order valence-corrected chi connectivity index (χ4v) is 6.93. The van der Waals surface area contributed by atoms with Crippen molar-refractivity contribution in [2.75, 3.05) is 17.4 Å². The number of halogens is 4. The molecule has 2 aliphatic rings. The number of pyridine rings is 1. The number of piperidine rings is 1. The summed E-state index contributed by atoms with van der Waals surface area (Å²) in [7, 11) is -4.35. The Hall–Kier alpha value is -3.26. The molecule has 4 heterocycles. The number of anilines is 1. The van der Waals surface area contributed by atoms with Crippen molar-refractivity contribution >= 4 is 23.3 Å². The number of fused-ring (bicyclic) bond motifs is 1. The largest absolute Gasteiger partial charge is 0.493 e. The van der Waals surface area contributed by atoms with Gasteiger partial charge in [0.1, 0.15) is 28.6 Å². The maximum atomic E-state index is 15.6. The number of benzene rings is 1. The van der Waals surface area contributed by atoms with Crippen molar-refractivity contribution in [2.24, 2.45) is 5.92 Å². The predicted octanol–water partition coefficient (Wildman–Crippen LogP) is 4.44. The van der Waals surface area contributed by atoms with E-state index >= 15 is 4.39 Å². The summed E-state index contributed by atoms with van der Waals surface area (Å²) in [4.78, 5) is 13.5. The fraction of sp³-hybridized carbons (Fsp3) is 0.400. The lowest BCUT2D eigenvalue weighted by atomic mass is 9.85. The summed E-state index contributed by atoms with van der Waals surface area (Å²) < 4.78 is 90.3. The van der Waals surface area contributed by atoms with Crippen LogP contribution < -0.4 is 8.95 Å². The Morgan fingerprint density at radius 3 is 2.59 bits per heavy atom. The van der Waals surface area contributed by atoms with Crippen LogP contribution in [0.5, 0.6) is 5.75 Å². The number of sulfonamides is 1. The van der Waals surface area contributed by atoms with Crippen molar-refractivity contribution in [3.63, 3.8) is 0 Å². The second kappa shape index (κ2) is 10.7. The smallest absolute Gasteiger partial charge is 0.391 e. The van der Waals surface area contributed by atoms with Gasteiger partial charge >= 0.3 is 6.18 Å². The zero-order valence-corrected chi connectivity index (χ0v) is 21.9. The monoisotopic (exact) mass is 563 g/mol. The van der Waals surface area contributed by atoms with E-state index in [1.54, 1.807) is 25.0 Å². The first-order valence-corrected chi connectivity index (χ1v) is 14.0. The molecule has 206 valence electrons. The molecule has 0 amide bonds. The molecule has 5 rings (SSSR count). The van der Waals surface area contributed by atoms with E-state index < -0.39 is 44.9 Å². The maximum Gasteiger partial charge on any atom is 0.391 e. The molecule has 0 spiro atoms. The first-order chi connectivity index (χ1) is 18.6. The molecule has 0 N–H and O–H groups in total. The molecule has 2 aliphatic heterocycles. The summed E-state index contributed by atoms with van der Waals surface area (Å²) in [6.45, 7) is 1.92. The van der Waals surface area contributed by atoms with Crippen molar-refractivity contribution in [3.8, 4) is 5.75 Å². The molecule has 3 aromatic rings. The third kappa shape index (κ3) is 5.31. The summed E-state index contributed by atoms with van der Waals surface area (Å²) in [6.07, 6.45) is -0.0821. The molecule has 2 aromatic heterocycles. The highest BCUT2D eigenvalue weighted by molar-refractivity contribution is 7.94. The Morgan fingerprint density at radius 1 is 1.10 bits per heavy atom. The van der Waals surface area contributed by atoms with Gasteiger partial charge in [0, 0.05) is 43.0 Å². The number of likely N-dealkylation sites (tertiary alicyclic amines) is 1. The molecule has 0 saturated carbocycles. The number of aromatic nitrogens is 3. The lowest BCUT2D eigenvalue weighted by molar-refractivity contribution is -0.192. The fourth-order valence-electron chi connectivity index (χ4n) is 5.44. The van der Waals surface area contributed by atoms with Gasteiger partial charge in [0.15, 0.2) is 0 Å². The lowest BCUT2D eigenvalue weighted by Crippen LogP contribution is -2.44. The van der Waals surface area contributed by atoms with E-state index in [-0.39, 0.29) is 45.0 Å². The van der Waals surface area contributed by atoms with Gasteiger partial charge < -0.3 is 8.95 Å². The normalized spacial score (nSPS) is 22.0. The third-order valence-electron chi connectivity index (χ3n) is 7.29. The van der Waals surface area contributed by atoms with Gasteiger partial charge in [-0.05, 0) is 37.1 Å². The van der Waals surface area contributed by atoms with Gasteiger partial charge in [0.25, 0.3) is 17.4 Å². The summed E-state index contributed by atoms with van der Waals surface area (Å²) in [6, 6.07) is 7.68. The molecule has 1 unspecified atom stereocenters. The van der Waals surface area contributed by atoms with Gasteiger partial charge in [0.2, 0.25) is 0 Å². The predicted molar refractivity (Wildman–Crippen MR) is 136 cm³/mol. The minimum atomic E-state index is -4.35. The number of nitrogens with zero attached hydrogens (tertiary/aromatic N) is 5. The molecular formula is C25H26BF4N5O3S. The molecule has 3 atom stereocenters. The Morgan fingerprint density at radius 2 is 1.92 bits per heavy atom. The number of hydrogen-bond acceptors (Lipinski definition) is 7. The number of hydrogen-bond donors (Lipinski definition) is 0. The van der Waals surface area contributed by atoms with E-state index in [0.29, 0.717) is 17.7 Å². The number of rotatable bonds is 6. The molecule has 8 nitrogen and oxygen atoms in total. The first kappa shape index (κ1) is 27.3. The third-order valence-corrected chi connectivity index (χ3v) is 9.18. The zero-order valence-electron chi connectivity index (χ0n) is 21.1. The van der Waals surface area contributed by atoms with E-state index in [2.05, 4.69) is 15.0 Å². The Kier molecular flexibility index (Phi) is 7.51. The van der Waals surface area contributed by atoms with Crippen LogP contribution in [0, 0.1) is 11.7 Å². The van der Waals surface area contributed by atoms with Gasteiger partial charge in [-0.1, -0.05) is 12.9 Å². The second-order valence-electron chi connectivity index (χ2n) is 9.48. The van der Waals surface area contributed by atoms with Crippen LogP contribution in [0.15, 0.2) is 60.0 Å². The Labute approximate surface area is 224 Å². The highest BCUT2D eigenvalue weighted by atomic mass is 32.2. The van der Waals surface area contributed by atoms with Crippen molar-refractivity contribution in [3.05, 3.63) is 72.2 Å². The summed E-state index contributed by atoms with van der Waals surface area (Å²) in [5.41, 5.74) is 0.900. The van der Waals surface area contributed by atoms with Crippen LogP contribution in [-0.4, -0.2) is 55.0 Å². The van der Waals surface area contributed by atoms with Crippen LogP contribution in [0.1, 0.15) is 42.6 Å². The maximum absolute atomic E-state index is 15.6. The summed E-state index contributed by atoms with van der Waals surface area (Å²) in [5, 5.41) is 0. The van der Waals surface area contributed by atoms with Crippen LogP contribution in [0.4, 0.5) is 23.4 Å². The van der Waals surface area contributed by atoms with E-state index in [1.165, 1.54) is 24.8 Å². The van der Waals surface area contributed by atoms with E-state index in [1.807, 2.05) is 4.90 Å². The van der Waals surface area contributed by atoms with Crippen LogP contribution in [0.25, 0.3) is 0 Å². The van der Waals surface area contributed by atoms with Gasteiger partial charge in [-0.15, -0.1) is 0 Å². The highest BCUT2D eigenvalue weighted by Gasteiger charge is 2.47. The molecule has 1 saturated heterocycles. The van der Waals surface area contributed by atoms with Crippen molar-refractivity contribution < 1.29 is 30.7 Å². The summed E-state index contributed by atoms with van der Waals surface area (Å²) in [5.74, 6) is -2.18.